The fraction of sp³-hybridized carbons (Fsp3) is 0.154. The summed E-state index contributed by atoms with van der Waals surface area (Å²) in [6.45, 7) is 0. The van der Waals surface area contributed by atoms with Crippen LogP contribution in [0.25, 0.3) is 0 Å². The van der Waals surface area contributed by atoms with Crippen molar-refractivity contribution in [2.24, 2.45) is 0 Å². The van der Waals surface area contributed by atoms with Crippen LogP contribution in [-0.2, 0) is 11.2 Å². The Morgan fingerprint density at radius 3 is 2.45 bits per heavy atom. The minimum atomic E-state index is -4.72. The summed E-state index contributed by atoms with van der Waals surface area (Å²) in [5, 5.41) is 4.47. The van der Waals surface area contributed by atoms with Crippen molar-refractivity contribution < 1.29 is 22.7 Å². The third kappa shape index (κ3) is 4.58. The van der Waals surface area contributed by atoms with Gasteiger partial charge in [0.2, 0.25) is 5.91 Å². The minimum Gasteiger partial charge on any atom is -0.406 e. The molecular weight excluding hydrogens is 291 g/mol. The number of amides is 1. The fourth-order valence-electron chi connectivity index (χ4n) is 1.52. The van der Waals surface area contributed by atoms with Crippen LogP contribution in [0.1, 0.15) is 4.88 Å². The number of anilines is 1. The molecule has 0 saturated carbocycles. The molecule has 0 aliphatic heterocycles. The molecule has 1 aromatic carbocycles. The van der Waals surface area contributed by atoms with Gasteiger partial charge in [-0.05, 0) is 35.7 Å². The molecule has 1 amide bonds. The molecule has 0 saturated heterocycles. The van der Waals surface area contributed by atoms with Crippen molar-refractivity contribution >= 4 is 22.9 Å². The second-order valence-electron chi connectivity index (χ2n) is 3.88. The maximum Gasteiger partial charge on any atom is 0.573 e. The predicted molar refractivity (Wildman–Crippen MR) is 69.8 cm³/mol. The number of thiophene rings is 1. The number of alkyl halides is 3. The molecule has 7 heteroatoms. The zero-order chi connectivity index (χ0) is 14.6. The second-order valence-corrected chi connectivity index (χ2v) is 4.91. The zero-order valence-electron chi connectivity index (χ0n) is 10.1. The van der Waals surface area contributed by atoms with Gasteiger partial charge in [0.25, 0.3) is 0 Å². The van der Waals surface area contributed by atoms with Crippen molar-refractivity contribution in [1.29, 1.82) is 0 Å². The summed E-state index contributed by atoms with van der Waals surface area (Å²) < 4.78 is 39.7. The number of benzene rings is 1. The standard InChI is InChI=1S/C13H10F3NO2S/c14-13(15,16)19-10-5-3-9(4-6-10)17-12(18)8-11-2-1-7-20-11/h1-7H,8H2,(H,17,18). The molecule has 1 N–H and O–H groups in total. The molecule has 0 unspecified atom stereocenters. The number of ether oxygens (including phenoxy) is 1. The van der Waals surface area contributed by atoms with Crippen molar-refractivity contribution in [3.05, 3.63) is 46.7 Å². The lowest BCUT2D eigenvalue weighted by Crippen LogP contribution is -2.17. The predicted octanol–water partition coefficient (Wildman–Crippen LogP) is 3.83. The smallest absolute Gasteiger partial charge is 0.406 e. The van der Waals surface area contributed by atoms with Crippen LogP contribution in [0.2, 0.25) is 0 Å². The van der Waals surface area contributed by atoms with Gasteiger partial charge in [0.1, 0.15) is 5.75 Å². The van der Waals surface area contributed by atoms with Gasteiger partial charge in [-0.25, -0.2) is 0 Å². The highest BCUT2D eigenvalue weighted by Gasteiger charge is 2.30. The highest BCUT2D eigenvalue weighted by Crippen LogP contribution is 2.24. The van der Waals surface area contributed by atoms with Crippen LogP contribution in [-0.4, -0.2) is 12.3 Å². The normalized spacial score (nSPS) is 11.2. The summed E-state index contributed by atoms with van der Waals surface area (Å²) in [6, 6.07) is 8.68. The van der Waals surface area contributed by atoms with Gasteiger partial charge >= 0.3 is 6.36 Å². The first-order valence-electron chi connectivity index (χ1n) is 5.60. The molecule has 20 heavy (non-hydrogen) atoms. The SMILES string of the molecule is O=C(Cc1cccs1)Nc1ccc(OC(F)(F)F)cc1. The molecule has 0 fully saturated rings. The van der Waals surface area contributed by atoms with Gasteiger partial charge in [-0.2, -0.15) is 0 Å². The van der Waals surface area contributed by atoms with E-state index in [9.17, 15) is 18.0 Å². The Balaban J connectivity index is 1.92. The Kier molecular flexibility index (Phi) is 4.29. The second kappa shape index (κ2) is 5.96. The summed E-state index contributed by atoms with van der Waals surface area (Å²) in [5.74, 6) is -0.550. The number of carbonyl (C=O) groups is 1. The summed E-state index contributed by atoms with van der Waals surface area (Å²) in [6.07, 6.45) is -4.48. The lowest BCUT2D eigenvalue weighted by molar-refractivity contribution is -0.274. The van der Waals surface area contributed by atoms with Gasteiger partial charge in [-0.15, -0.1) is 24.5 Å². The molecule has 106 valence electrons. The first-order valence-corrected chi connectivity index (χ1v) is 6.48. The van der Waals surface area contributed by atoms with E-state index < -0.39 is 6.36 Å². The summed E-state index contributed by atoms with van der Waals surface area (Å²) in [7, 11) is 0. The van der Waals surface area contributed by atoms with Gasteiger partial charge in [0.05, 0.1) is 6.42 Å². The molecule has 3 nitrogen and oxygen atoms in total. The third-order valence-corrected chi connectivity index (χ3v) is 3.16. The Labute approximate surface area is 117 Å². The average Bonchev–Trinajstić information content (AvgIpc) is 2.82. The molecule has 0 aliphatic carbocycles. The summed E-state index contributed by atoms with van der Waals surface area (Å²) >= 11 is 1.46. The van der Waals surface area contributed by atoms with Crippen LogP contribution in [0.5, 0.6) is 5.75 Å². The van der Waals surface area contributed by atoms with Crippen LogP contribution in [0.15, 0.2) is 41.8 Å². The van der Waals surface area contributed by atoms with Gasteiger partial charge in [-0.1, -0.05) is 6.07 Å². The molecule has 0 spiro atoms. The van der Waals surface area contributed by atoms with Crippen molar-refractivity contribution in [2.75, 3.05) is 5.32 Å². The Morgan fingerprint density at radius 2 is 1.90 bits per heavy atom. The van der Waals surface area contributed by atoms with E-state index in [-0.39, 0.29) is 18.1 Å². The van der Waals surface area contributed by atoms with Gasteiger partial charge in [-0.3, -0.25) is 4.79 Å². The van der Waals surface area contributed by atoms with E-state index >= 15 is 0 Å². The van der Waals surface area contributed by atoms with E-state index in [1.165, 1.54) is 23.5 Å². The summed E-state index contributed by atoms with van der Waals surface area (Å²) in [5.41, 5.74) is 0.418. The monoisotopic (exact) mass is 301 g/mol. The molecule has 0 bridgehead atoms. The number of halogens is 3. The Morgan fingerprint density at radius 1 is 1.20 bits per heavy atom. The van der Waals surface area contributed by atoms with E-state index in [0.717, 1.165) is 17.0 Å². The van der Waals surface area contributed by atoms with Crippen molar-refractivity contribution in [3.8, 4) is 5.75 Å². The Hall–Kier alpha value is -2.02. The number of rotatable bonds is 4. The number of hydrogen-bond acceptors (Lipinski definition) is 3. The first kappa shape index (κ1) is 14.4. The minimum absolute atomic E-state index is 0.225. The molecule has 1 aromatic heterocycles. The van der Waals surface area contributed by atoms with E-state index in [1.807, 2.05) is 17.5 Å². The van der Waals surface area contributed by atoms with E-state index in [1.54, 1.807) is 0 Å². The number of carbonyl (C=O) groups excluding carboxylic acids is 1. The third-order valence-electron chi connectivity index (χ3n) is 2.29. The fourth-order valence-corrected chi connectivity index (χ4v) is 2.22. The molecule has 0 aliphatic rings. The highest BCUT2D eigenvalue weighted by atomic mass is 32.1. The van der Waals surface area contributed by atoms with E-state index in [0.29, 0.717) is 5.69 Å². The number of hydrogen-bond donors (Lipinski definition) is 1. The lowest BCUT2D eigenvalue weighted by atomic mass is 10.2. The molecule has 1 heterocycles. The van der Waals surface area contributed by atoms with Crippen molar-refractivity contribution in [2.45, 2.75) is 12.8 Å². The van der Waals surface area contributed by atoms with Crippen LogP contribution < -0.4 is 10.1 Å². The molecule has 2 rings (SSSR count). The molecular formula is C13H10F3NO2S. The summed E-state index contributed by atoms with van der Waals surface area (Å²) in [4.78, 5) is 12.6. The zero-order valence-corrected chi connectivity index (χ0v) is 10.9. The topological polar surface area (TPSA) is 38.3 Å². The van der Waals surface area contributed by atoms with Crippen LogP contribution in [0.3, 0.4) is 0 Å². The van der Waals surface area contributed by atoms with Crippen LogP contribution in [0.4, 0.5) is 18.9 Å². The molecule has 2 aromatic rings. The number of nitrogens with one attached hydrogen (secondary N) is 1. The highest BCUT2D eigenvalue weighted by molar-refractivity contribution is 7.10. The largest absolute Gasteiger partial charge is 0.573 e. The van der Waals surface area contributed by atoms with Crippen molar-refractivity contribution in [1.82, 2.24) is 0 Å². The van der Waals surface area contributed by atoms with E-state index in [4.69, 9.17) is 0 Å². The van der Waals surface area contributed by atoms with Crippen LogP contribution in [0, 0.1) is 0 Å². The average molecular weight is 301 g/mol. The lowest BCUT2D eigenvalue weighted by Gasteiger charge is -2.09. The maximum atomic E-state index is 12.0. The van der Waals surface area contributed by atoms with Gasteiger partial charge in [0, 0.05) is 10.6 Å². The van der Waals surface area contributed by atoms with E-state index in [2.05, 4.69) is 10.1 Å². The molecule has 0 atom stereocenters. The molecule has 0 radical (unpaired) electrons. The first-order chi connectivity index (χ1) is 9.42. The Bertz CT molecular complexity index is 564. The van der Waals surface area contributed by atoms with Gasteiger partial charge in [0.15, 0.2) is 0 Å². The quantitative estimate of drug-likeness (QED) is 0.932. The van der Waals surface area contributed by atoms with Crippen LogP contribution >= 0.6 is 11.3 Å². The van der Waals surface area contributed by atoms with Gasteiger partial charge < -0.3 is 10.1 Å². The maximum absolute atomic E-state index is 12.0. The van der Waals surface area contributed by atoms with Crippen molar-refractivity contribution in [3.63, 3.8) is 0 Å².